The van der Waals surface area contributed by atoms with Crippen LogP contribution in [0.25, 0.3) is 16.5 Å². The van der Waals surface area contributed by atoms with E-state index in [0.717, 1.165) is 21.2 Å². The van der Waals surface area contributed by atoms with Crippen LogP contribution in [0.3, 0.4) is 0 Å². The molecule has 164 valence electrons. The van der Waals surface area contributed by atoms with Crippen LogP contribution in [-0.4, -0.2) is 16.8 Å². The molecule has 0 radical (unpaired) electrons. The SMILES string of the molecule is CC(C)c1ccc(N2C(=O)C(=O)/C(=C(\O)c3ccc4ccccc4c3)C2c2cccs2)cc1. The third kappa shape index (κ3) is 3.64. The number of anilines is 1. The van der Waals surface area contributed by atoms with Gasteiger partial charge in [-0.15, -0.1) is 11.3 Å². The highest BCUT2D eigenvalue weighted by molar-refractivity contribution is 7.10. The van der Waals surface area contributed by atoms with Crippen LogP contribution >= 0.6 is 11.3 Å². The van der Waals surface area contributed by atoms with Crippen molar-refractivity contribution in [2.75, 3.05) is 4.90 Å². The molecule has 1 atom stereocenters. The summed E-state index contributed by atoms with van der Waals surface area (Å²) in [5, 5.41) is 15.2. The number of ketones is 1. The Bertz CT molecular complexity index is 1380. The lowest BCUT2D eigenvalue weighted by molar-refractivity contribution is -0.132. The molecule has 4 nitrogen and oxygen atoms in total. The molecule has 1 unspecified atom stereocenters. The van der Waals surface area contributed by atoms with Crippen LogP contribution in [0.2, 0.25) is 0 Å². The summed E-state index contributed by atoms with van der Waals surface area (Å²) in [6.45, 7) is 4.22. The minimum absolute atomic E-state index is 0.116. The van der Waals surface area contributed by atoms with E-state index in [2.05, 4.69) is 13.8 Å². The fourth-order valence-corrected chi connectivity index (χ4v) is 5.15. The Morgan fingerprint density at radius 1 is 0.909 bits per heavy atom. The minimum Gasteiger partial charge on any atom is -0.507 e. The monoisotopic (exact) mass is 453 g/mol. The number of aliphatic hydroxyl groups excluding tert-OH is 1. The molecule has 1 aliphatic rings. The Kier molecular flexibility index (Phi) is 5.35. The first-order chi connectivity index (χ1) is 16.0. The Morgan fingerprint density at radius 3 is 2.30 bits per heavy atom. The van der Waals surface area contributed by atoms with Crippen LogP contribution in [-0.2, 0) is 9.59 Å². The lowest BCUT2D eigenvalue weighted by Gasteiger charge is -2.24. The zero-order valence-electron chi connectivity index (χ0n) is 18.4. The summed E-state index contributed by atoms with van der Waals surface area (Å²) in [6.07, 6.45) is 0. The van der Waals surface area contributed by atoms with Crippen molar-refractivity contribution < 1.29 is 14.7 Å². The van der Waals surface area contributed by atoms with Gasteiger partial charge in [0.2, 0.25) is 0 Å². The van der Waals surface area contributed by atoms with Gasteiger partial charge in [0.1, 0.15) is 11.8 Å². The molecule has 0 saturated carbocycles. The number of carbonyl (C=O) groups excluding carboxylic acids is 2. The average molecular weight is 454 g/mol. The molecule has 2 heterocycles. The van der Waals surface area contributed by atoms with E-state index in [1.165, 1.54) is 16.2 Å². The van der Waals surface area contributed by atoms with Gasteiger partial charge in [-0.1, -0.05) is 68.4 Å². The summed E-state index contributed by atoms with van der Waals surface area (Å²) in [5.41, 5.74) is 2.42. The van der Waals surface area contributed by atoms with Crippen molar-refractivity contribution in [1.82, 2.24) is 0 Å². The van der Waals surface area contributed by atoms with Gasteiger partial charge in [-0.05, 0) is 51.9 Å². The summed E-state index contributed by atoms with van der Waals surface area (Å²) >= 11 is 1.46. The zero-order chi connectivity index (χ0) is 23.1. The second-order valence-electron chi connectivity index (χ2n) is 8.49. The van der Waals surface area contributed by atoms with Crippen molar-refractivity contribution in [2.45, 2.75) is 25.8 Å². The van der Waals surface area contributed by atoms with E-state index in [0.29, 0.717) is 17.2 Å². The number of hydrogen-bond acceptors (Lipinski definition) is 4. The molecule has 1 N–H and O–H groups in total. The summed E-state index contributed by atoms with van der Waals surface area (Å²) in [7, 11) is 0. The molecule has 0 spiro atoms. The number of rotatable bonds is 4. The standard InChI is InChI=1S/C28H23NO3S/c1-17(2)18-11-13-22(14-12-18)29-25(23-8-5-15-33-23)24(27(31)28(29)32)26(30)21-10-9-19-6-3-4-7-20(19)16-21/h3-17,25,30H,1-2H3/b26-24-. The first-order valence-corrected chi connectivity index (χ1v) is 11.8. The molecule has 1 aromatic heterocycles. The van der Waals surface area contributed by atoms with Gasteiger partial charge >= 0.3 is 0 Å². The van der Waals surface area contributed by atoms with Crippen molar-refractivity contribution in [3.8, 4) is 0 Å². The van der Waals surface area contributed by atoms with Crippen LogP contribution in [0.4, 0.5) is 5.69 Å². The Balaban J connectivity index is 1.67. The molecule has 5 rings (SSSR count). The molecule has 4 aromatic rings. The molecule has 1 fully saturated rings. The van der Waals surface area contributed by atoms with Gasteiger partial charge in [0, 0.05) is 16.1 Å². The molecule has 1 amide bonds. The van der Waals surface area contributed by atoms with Crippen molar-refractivity contribution in [3.63, 3.8) is 0 Å². The molecular weight excluding hydrogens is 430 g/mol. The van der Waals surface area contributed by atoms with E-state index >= 15 is 0 Å². The number of nitrogens with zero attached hydrogens (tertiary/aromatic N) is 1. The summed E-state index contributed by atoms with van der Waals surface area (Å²) in [5.74, 6) is -1.10. The van der Waals surface area contributed by atoms with Crippen LogP contribution < -0.4 is 4.90 Å². The van der Waals surface area contributed by atoms with Crippen LogP contribution in [0, 0.1) is 0 Å². The van der Waals surface area contributed by atoms with Crippen molar-refractivity contribution in [1.29, 1.82) is 0 Å². The maximum Gasteiger partial charge on any atom is 0.300 e. The van der Waals surface area contributed by atoms with E-state index < -0.39 is 17.7 Å². The van der Waals surface area contributed by atoms with Gasteiger partial charge in [0.25, 0.3) is 11.7 Å². The maximum absolute atomic E-state index is 13.2. The molecule has 0 aliphatic carbocycles. The van der Waals surface area contributed by atoms with Gasteiger partial charge in [0.15, 0.2) is 0 Å². The lowest BCUT2D eigenvalue weighted by Crippen LogP contribution is -2.29. The Labute approximate surface area is 196 Å². The highest BCUT2D eigenvalue weighted by Crippen LogP contribution is 2.43. The van der Waals surface area contributed by atoms with E-state index in [1.54, 1.807) is 6.07 Å². The number of thiophene rings is 1. The van der Waals surface area contributed by atoms with Crippen LogP contribution in [0.1, 0.15) is 41.8 Å². The molecule has 5 heteroatoms. The molecule has 0 bridgehead atoms. The highest BCUT2D eigenvalue weighted by Gasteiger charge is 2.47. The van der Waals surface area contributed by atoms with E-state index in [-0.39, 0.29) is 11.3 Å². The largest absolute Gasteiger partial charge is 0.507 e. The number of fused-ring (bicyclic) bond motifs is 1. The number of aliphatic hydroxyl groups is 1. The summed E-state index contributed by atoms with van der Waals surface area (Å²) in [4.78, 5) is 28.8. The van der Waals surface area contributed by atoms with Crippen molar-refractivity contribution in [3.05, 3.63) is 106 Å². The normalized spacial score (nSPS) is 17.9. The first-order valence-electron chi connectivity index (χ1n) is 10.9. The number of amides is 1. The lowest BCUT2D eigenvalue weighted by atomic mass is 9.98. The zero-order valence-corrected chi connectivity index (χ0v) is 19.2. The topological polar surface area (TPSA) is 57.6 Å². The molecular formula is C28H23NO3S. The second-order valence-corrected chi connectivity index (χ2v) is 9.47. The first kappa shape index (κ1) is 21.2. The van der Waals surface area contributed by atoms with Crippen molar-refractivity contribution >= 4 is 45.2 Å². The second kappa shape index (κ2) is 8.34. The molecule has 3 aromatic carbocycles. The predicted octanol–water partition coefficient (Wildman–Crippen LogP) is 6.65. The van der Waals surface area contributed by atoms with Gasteiger partial charge in [-0.2, -0.15) is 0 Å². The molecule has 1 saturated heterocycles. The Hall–Kier alpha value is -3.70. The van der Waals surface area contributed by atoms with Gasteiger partial charge in [-0.25, -0.2) is 0 Å². The van der Waals surface area contributed by atoms with Crippen LogP contribution in [0.15, 0.2) is 89.8 Å². The molecule has 33 heavy (non-hydrogen) atoms. The van der Waals surface area contributed by atoms with Crippen molar-refractivity contribution in [2.24, 2.45) is 0 Å². The summed E-state index contributed by atoms with van der Waals surface area (Å²) in [6, 6.07) is 24.2. The van der Waals surface area contributed by atoms with Gasteiger partial charge < -0.3 is 5.11 Å². The highest BCUT2D eigenvalue weighted by atomic mass is 32.1. The maximum atomic E-state index is 13.2. The third-order valence-corrected chi connectivity index (χ3v) is 7.04. The van der Waals surface area contributed by atoms with E-state index in [9.17, 15) is 14.7 Å². The smallest absolute Gasteiger partial charge is 0.300 e. The number of hydrogen-bond donors (Lipinski definition) is 1. The number of Topliss-reactive ketones (excluding diaryl/α,β-unsaturated/α-hetero) is 1. The predicted molar refractivity (Wildman–Crippen MR) is 134 cm³/mol. The minimum atomic E-state index is -0.679. The molecule has 1 aliphatic heterocycles. The van der Waals surface area contributed by atoms with E-state index in [1.807, 2.05) is 78.2 Å². The fourth-order valence-electron chi connectivity index (χ4n) is 4.33. The van der Waals surface area contributed by atoms with E-state index in [4.69, 9.17) is 0 Å². The summed E-state index contributed by atoms with van der Waals surface area (Å²) < 4.78 is 0. The van der Waals surface area contributed by atoms with Gasteiger partial charge in [-0.3, -0.25) is 14.5 Å². The Morgan fingerprint density at radius 2 is 1.64 bits per heavy atom. The average Bonchev–Trinajstić information content (AvgIpc) is 3.45. The third-order valence-electron chi connectivity index (χ3n) is 6.12. The number of carbonyl (C=O) groups is 2. The quantitative estimate of drug-likeness (QED) is 0.214. The fraction of sp³-hybridized carbons (Fsp3) is 0.143. The number of benzene rings is 3. The van der Waals surface area contributed by atoms with Crippen LogP contribution in [0.5, 0.6) is 0 Å². The van der Waals surface area contributed by atoms with Gasteiger partial charge in [0.05, 0.1) is 5.57 Å².